The molecule has 1 aliphatic rings. The third kappa shape index (κ3) is 6.52. The number of likely N-dealkylation sites (N-methyl/N-ethyl adjacent to an activating group) is 1. The largest absolute Gasteiger partial charge is 0.586 e. The molecule has 4 rings (SSSR count). The highest BCUT2D eigenvalue weighted by Gasteiger charge is 2.43. The number of nitrogens with zero attached hydrogens (tertiary/aromatic N) is 1. The van der Waals surface area contributed by atoms with E-state index in [9.17, 15) is 35.6 Å². The second-order valence-corrected chi connectivity index (χ2v) is 10.3. The normalized spacial score (nSPS) is 14.4. The molecule has 0 fully saturated rings. The molecule has 1 atom stereocenters. The number of alkyl halides is 2. The third-order valence-electron chi connectivity index (χ3n) is 5.42. The van der Waals surface area contributed by atoms with Crippen molar-refractivity contribution in [1.29, 1.82) is 0 Å². The number of carbonyl (C=O) groups excluding carboxylic acids is 2. The molecule has 0 saturated heterocycles. The van der Waals surface area contributed by atoms with E-state index in [2.05, 4.69) is 14.8 Å². The van der Waals surface area contributed by atoms with Crippen LogP contribution in [0.3, 0.4) is 0 Å². The van der Waals surface area contributed by atoms with Gasteiger partial charge in [0.15, 0.2) is 11.5 Å². The number of carbonyl (C=O) groups is 2. The number of hydrogen-bond donors (Lipinski definition) is 2. The maximum Gasteiger partial charge on any atom is 0.586 e. The Balaban J connectivity index is 1.59. The lowest BCUT2D eigenvalue weighted by molar-refractivity contribution is -0.286. The highest BCUT2D eigenvalue weighted by Crippen LogP contribution is 2.42. The standard InChI is InChI=1S/C24H18ClF4N3O6S/c1-32(16-6-7-19-20(12-16)38-24(28,29)37-19)22(33)18(10-13-8-14(26)11-15(27)9-13)30-23(34)31-39(35,36)21-5-3-2-4-17(21)25/h2-9,11-12,18H,10H2,1H3,(H2,30,31,34)/t18-/m0/s1. The molecule has 0 unspecified atom stereocenters. The maximum absolute atomic E-state index is 13.8. The zero-order chi connectivity index (χ0) is 28.5. The fraction of sp³-hybridized carbons (Fsp3) is 0.167. The van der Waals surface area contributed by atoms with E-state index in [1.54, 1.807) is 4.72 Å². The van der Waals surface area contributed by atoms with Crippen LogP contribution in [0.15, 0.2) is 65.6 Å². The van der Waals surface area contributed by atoms with Crippen molar-refractivity contribution in [2.24, 2.45) is 0 Å². The Hall–Kier alpha value is -4.04. The number of benzene rings is 3. The number of hydrogen-bond acceptors (Lipinski definition) is 6. The Bertz CT molecular complexity index is 1540. The summed E-state index contributed by atoms with van der Waals surface area (Å²) in [5.74, 6) is -3.44. The first-order chi connectivity index (χ1) is 18.2. The number of ether oxygens (including phenoxy) is 2. The summed E-state index contributed by atoms with van der Waals surface area (Å²) in [7, 11) is -3.25. The molecule has 0 bridgehead atoms. The van der Waals surface area contributed by atoms with E-state index in [1.807, 2.05) is 0 Å². The second-order valence-electron chi connectivity index (χ2n) is 8.24. The molecule has 3 aromatic rings. The van der Waals surface area contributed by atoms with Crippen LogP contribution in [-0.4, -0.2) is 39.7 Å². The van der Waals surface area contributed by atoms with Crippen LogP contribution in [0.2, 0.25) is 5.02 Å². The SMILES string of the molecule is CN(C(=O)[C@H](Cc1cc(F)cc(F)c1)NC(=O)NS(=O)(=O)c1ccccc1Cl)c1ccc2c(c1)OC(F)(F)O2. The van der Waals surface area contributed by atoms with Crippen molar-refractivity contribution in [3.05, 3.63) is 82.9 Å². The smallest absolute Gasteiger partial charge is 0.395 e. The summed E-state index contributed by atoms with van der Waals surface area (Å²) in [6.45, 7) is 0. The highest BCUT2D eigenvalue weighted by atomic mass is 35.5. The monoisotopic (exact) mass is 587 g/mol. The Morgan fingerprint density at radius 2 is 1.64 bits per heavy atom. The summed E-state index contributed by atoms with van der Waals surface area (Å²) in [4.78, 5) is 26.6. The molecular formula is C24H18ClF4N3O6S. The molecule has 3 amide bonds. The second kappa shape index (κ2) is 10.6. The lowest BCUT2D eigenvalue weighted by Gasteiger charge is -2.25. The first kappa shape index (κ1) is 28.0. The number of halogens is 5. The molecule has 1 heterocycles. The minimum atomic E-state index is -4.48. The van der Waals surface area contributed by atoms with Crippen molar-refractivity contribution in [2.45, 2.75) is 23.7 Å². The molecule has 0 aliphatic carbocycles. The van der Waals surface area contributed by atoms with Crippen LogP contribution < -0.4 is 24.4 Å². The van der Waals surface area contributed by atoms with Crippen LogP contribution in [0.1, 0.15) is 5.56 Å². The van der Waals surface area contributed by atoms with Gasteiger partial charge in [-0.05, 0) is 42.0 Å². The summed E-state index contributed by atoms with van der Waals surface area (Å²) in [6, 6.07) is 8.26. The topological polar surface area (TPSA) is 114 Å². The van der Waals surface area contributed by atoms with E-state index < -0.39 is 57.2 Å². The van der Waals surface area contributed by atoms with E-state index >= 15 is 0 Å². The molecule has 15 heteroatoms. The molecular weight excluding hydrogens is 570 g/mol. The van der Waals surface area contributed by atoms with Crippen LogP contribution in [0.4, 0.5) is 28.0 Å². The molecule has 9 nitrogen and oxygen atoms in total. The molecule has 206 valence electrons. The zero-order valence-corrected chi connectivity index (χ0v) is 21.3. The van der Waals surface area contributed by atoms with Crippen LogP contribution in [0, 0.1) is 11.6 Å². The van der Waals surface area contributed by atoms with Crippen molar-refractivity contribution in [3.8, 4) is 11.5 Å². The minimum Gasteiger partial charge on any atom is -0.395 e. The Morgan fingerprint density at radius 3 is 2.31 bits per heavy atom. The summed E-state index contributed by atoms with van der Waals surface area (Å²) in [5.41, 5.74) is -0.0137. The predicted octanol–water partition coefficient (Wildman–Crippen LogP) is 4.20. The summed E-state index contributed by atoms with van der Waals surface area (Å²) >= 11 is 5.90. The zero-order valence-electron chi connectivity index (χ0n) is 19.8. The van der Waals surface area contributed by atoms with E-state index in [0.29, 0.717) is 6.07 Å². The number of urea groups is 1. The van der Waals surface area contributed by atoms with Crippen LogP contribution in [-0.2, 0) is 21.2 Å². The number of sulfonamides is 1. The van der Waals surface area contributed by atoms with E-state index in [-0.39, 0.29) is 27.8 Å². The molecule has 0 saturated carbocycles. The van der Waals surface area contributed by atoms with Gasteiger partial charge in [-0.1, -0.05) is 23.7 Å². The van der Waals surface area contributed by atoms with Crippen molar-refractivity contribution in [1.82, 2.24) is 10.0 Å². The molecule has 1 aliphatic heterocycles. The fourth-order valence-corrected chi connectivity index (χ4v) is 5.14. The van der Waals surface area contributed by atoms with Gasteiger partial charge in [0.05, 0.1) is 5.02 Å². The molecule has 3 aromatic carbocycles. The molecule has 39 heavy (non-hydrogen) atoms. The fourth-order valence-electron chi connectivity index (χ4n) is 3.70. The van der Waals surface area contributed by atoms with Gasteiger partial charge in [0.1, 0.15) is 22.6 Å². The van der Waals surface area contributed by atoms with Gasteiger partial charge in [-0.2, -0.15) is 0 Å². The Kier molecular flexibility index (Phi) is 7.61. The molecule has 0 aromatic heterocycles. The van der Waals surface area contributed by atoms with Gasteiger partial charge in [0.25, 0.3) is 10.0 Å². The minimum absolute atomic E-state index is 0.0290. The average molecular weight is 588 g/mol. The number of fused-ring (bicyclic) bond motifs is 1. The van der Waals surface area contributed by atoms with Gasteiger partial charge < -0.3 is 19.7 Å². The summed E-state index contributed by atoms with van der Waals surface area (Å²) < 4.78 is 90.1. The van der Waals surface area contributed by atoms with Crippen molar-refractivity contribution in [3.63, 3.8) is 0 Å². The number of nitrogens with one attached hydrogen (secondary N) is 2. The predicted molar refractivity (Wildman–Crippen MR) is 130 cm³/mol. The van der Waals surface area contributed by atoms with Crippen molar-refractivity contribution in [2.75, 3.05) is 11.9 Å². The van der Waals surface area contributed by atoms with Gasteiger partial charge in [-0.15, -0.1) is 8.78 Å². The van der Waals surface area contributed by atoms with Crippen LogP contribution in [0.25, 0.3) is 0 Å². The number of anilines is 1. The summed E-state index contributed by atoms with van der Waals surface area (Å²) in [5, 5.41) is 2.01. The number of amides is 3. The van der Waals surface area contributed by atoms with Crippen LogP contribution >= 0.6 is 11.6 Å². The van der Waals surface area contributed by atoms with Gasteiger partial charge in [0.2, 0.25) is 5.91 Å². The van der Waals surface area contributed by atoms with Crippen LogP contribution in [0.5, 0.6) is 11.5 Å². The molecule has 0 radical (unpaired) electrons. The highest BCUT2D eigenvalue weighted by molar-refractivity contribution is 7.90. The molecule has 2 N–H and O–H groups in total. The van der Waals surface area contributed by atoms with Gasteiger partial charge in [0, 0.05) is 31.3 Å². The van der Waals surface area contributed by atoms with Gasteiger partial charge in [-0.3, -0.25) is 4.79 Å². The van der Waals surface area contributed by atoms with E-state index in [1.165, 1.54) is 31.3 Å². The first-order valence-corrected chi connectivity index (χ1v) is 12.8. The lowest BCUT2D eigenvalue weighted by Crippen LogP contribution is -2.52. The Labute approximate surface area is 224 Å². The quantitative estimate of drug-likeness (QED) is 0.401. The average Bonchev–Trinajstić information content (AvgIpc) is 3.14. The van der Waals surface area contributed by atoms with Gasteiger partial charge >= 0.3 is 12.3 Å². The number of rotatable bonds is 7. The third-order valence-corrected chi connectivity index (χ3v) is 7.25. The van der Waals surface area contributed by atoms with E-state index in [4.69, 9.17) is 11.6 Å². The van der Waals surface area contributed by atoms with E-state index in [0.717, 1.165) is 35.2 Å². The Morgan fingerprint density at radius 1 is 1.00 bits per heavy atom. The summed E-state index contributed by atoms with van der Waals surface area (Å²) in [6.07, 6.45) is -4.37. The van der Waals surface area contributed by atoms with Crippen molar-refractivity contribution >= 4 is 39.2 Å². The first-order valence-electron chi connectivity index (χ1n) is 10.9. The van der Waals surface area contributed by atoms with Crippen molar-refractivity contribution < 1.29 is 45.0 Å². The molecule has 0 spiro atoms. The van der Waals surface area contributed by atoms with Gasteiger partial charge in [-0.25, -0.2) is 26.7 Å². The lowest BCUT2D eigenvalue weighted by atomic mass is 10.0. The maximum atomic E-state index is 13.8.